The summed E-state index contributed by atoms with van der Waals surface area (Å²) >= 11 is 0. The summed E-state index contributed by atoms with van der Waals surface area (Å²) in [6.45, 7) is 1.61. The van der Waals surface area contributed by atoms with Gasteiger partial charge in [0.1, 0.15) is 6.61 Å². The minimum atomic E-state index is -0.375. The molecule has 3 nitrogen and oxygen atoms in total. The third-order valence-electron chi connectivity index (χ3n) is 2.04. The highest BCUT2D eigenvalue weighted by Gasteiger charge is 2.10. The Hall–Kier alpha value is -1.79. The van der Waals surface area contributed by atoms with Crippen LogP contribution in [0.3, 0.4) is 0 Å². The molecule has 0 atom stereocenters. The molecule has 0 aliphatic carbocycles. The van der Waals surface area contributed by atoms with Crippen molar-refractivity contribution in [3.8, 4) is 11.8 Å². The topological polar surface area (TPSA) is 46.5 Å². The lowest BCUT2D eigenvalue weighted by Crippen LogP contribution is -2.04. The Morgan fingerprint density at radius 3 is 2.87 bits per heavy atom. The average molecular weight is 204 g/mol. The lowest BCUT2D eigenvalue weighted by atomic mass is 10.0. The predicted molar refractivity (Wildman–Crippen MR) is 56.5 cm³/mol. The first-order valence-corrected chi connectivity index (χ1v) is 4.48. The Balaban J connectivity index is 3.17. The summed E-state index contributed by atoms with van der Waals surface area (Å²) in [4.78, 5) is 11.3. The highest BCUT2D eigenvalue weighted by Crippen LogP contribution is 2.13. The van der Waals surface area contributed by atoms with E-state index in [1.807, 2.05) is 0 Å². The zero-order chi connectivity index (χ0) is 11.3. The first-order chi connectivity index (χ1) is 7.20. The standard InChI is InChI=1S/C12H12O3/c1-9-10(6-4-8-13)5-3-7-11(9)12(14)15-2/h3,5,7,13H,8H2,1-2H3. The molecule has 0 saturated carbocycles. The molecular weight excluding hydrogens is 192 g/mol. The number of ether oxygens (including phenoxy) is 1. The zero-order valence-electron chi connectivity index (χ0n) is 8.70. The van der Waals surface area contributed by atoms with Gasteiger partial charge in [0, 0.05) is 5.56 Å². The molecule has 0 fully saturated rings. The summed E-state index contributed by atoms with van der Waals surface area (Å²) in [5, 5.41) is 8.58. The Bertz CT molecular complexity index is 424. The van der Waals surface area contributed by atoms with Crippen LogP contribution in [0.5, 0.6) is 0 Å². The predicted octanol–water partition coefficient (Wildman–Crippen LogP) is 1.13. The SMILES string of the molecule is COC(=O)c1cccc(C#CCO)c1C. The monoisotopic (exact) mass is 204 g/mol. The van der Waals surface area contributed by atoms with E-state index in [0.29, 0.717) is 5.56 Å². The van der Waals surface area contributed by atoms with Crippen LogP contribution in [0.1, 0.15) is 21.5 Å². The summed E-state index contributed by atoms with van der Waals surface area (Å²) < 4.78 is 4.64. The van der Waals surface area contributed by atoms with Crippen LogP contribution in [0.4, 0.5) is 0 Å². The van der Waals surface area contributed by atoms with Gasteiger partial charge in [0.25, 0.3) is 0 Å². The van der Waals surface area contributed by atoms with Crippen molar-refractivity contribution in [1.29, 1.82) is 0 Å². The van der Waals surface area contributed by atoms with Crippen molar-refractivity contribution < 1.29 is 14.6 Å². The molecule has 1 N–H and O–H groups in total. The number of aliphatic hydroxyl groups excluding tert-OH is 1. The second kappa shape index (κ2) is 5.18. The summed E-state index contributed by atoms with van der Waals surface area (Å²) in [7, 11) is 1.34. The summed E-state index contributed by atoms with van der Waals surface area (Å²) in [5.74, 6) is 4.94. The first kappa shape index (κ1) is 11.3. The molecule has 0 amide bonds. The molecule has 0 spiro atoms. The number of benzene rings is 1. The normalized spacial score (nSPS) is 9.00. The average Bonchev–Trinajstić information content (AvgIpc) is 2.27. The van der Waals surface area contributed by atoms with E-state index >= 15 is 0 Å². The van der Waals surface area contributed by atoms with Gasteiger partial charge in [-0.15, -0.1) is 0 Å². The third kappa shape index (κ3) is 2.58. The minimum absolute atomic E-state index is 0.193. The van der Waals surface area contributed by atoms with Gasteiger partial charge in [-0.3, -0.25) is 0 Å². The second-order valence-electron chi connectivity index (χ2n) is 2.93. The molecule has 1 aromatic carbocycles. The van der Waals surface area contributed by atoms with Crippen LogP contribution in [0.2, 0.25) is 0 Å². The fourth-order valence-corrected chi connectivity index (χ4v) is 1.24. The van der Waals surface area contributed by atoms with Gasteiger partial charge in [0.05, 0.1) is 12.7 Å². The molecule has 0 aliphatic rings. The van der Waals surface area contributed by atoms with Gasteiger partial charge in [-0.05, 0) is 24.6 Å². The molecule has 0 aromatic heterocycles. The van der Waals surface area contributed by atoms with Crippen molar-refractivity contribution in [3.05, 3.63) is 34.9 Å². The van der Waals surface area contributed by atoms with E-state index in [4.69, 9.17) is 5.11 Å². The number of hydrogen-bond acceptors (Lipinski definition) is 3. The summed E-state index contributed by atoms with van der Waals surface area (Å²) in [5.41, 5.74) is 2.00. The van der Waals surface area contributed by atoms with Crippen LogP contribution >= 0.6 is 0 Å². The summed E-state index contributed by atoms with van der Waals surface area (Å²) in [6.07, 6.45) is 0. The van der Waals surface area contributed by atoms with Crippen LogP contribution in [0.25, 0.3) is 0 Å². The van der Waals surface area contributed by atoms with Crippen LogP contribution < -0.4 is 0 Å². The molecule has 3 heteroatoms. The fourth-order valence-electron chi connectivity index (χ4n) is 1.24. The molecule has 0 unspecified atom stereocenters. The molecular formula is C12H12O3. The maximum Gasteiger partial charge on any atom is 0.338 e. The molecule has 15 heavy (non-hydrogen) atoms. The smallest absolute Gasteiger partial charge is 0.338 e. The van der Waals surface area contributed by atoms with E-state index < -0.39 is 0 Å². The van der Waals surface area contributed by atoms with Gasteiger partial charge >= 0.3 is 5.97 Å². The third-order valence-corrected chi connectivity index (χ3v) is 2.04. The highest BCUT2D eigenvalue weighted by molar-refractivity contribution is 5.91. The molecule has 0 bridgehead atoms. The van der Waals surface area contributed by atoms with Gasteiger partial charge in [-0.2, -0.15) is 0 Å². The molecule has 0 aliphatic heterocycles. The van der Waals surface area contributed by atoms with Gasteiger partial charge in [0.2, 0.25) is 0 Å². The fraction of sp³-hybridized carbons (Fsp3) is 0.250. The Labute approximate surface area is 88.7 Å². The molecule has 78 valence electrons. The van der Waals surface area contributed by atoms with Gasteiger partial charge in [0.15, 0.2) is 0 Å². The van der Waals surface area contributed by atoms with E-state index in [1.54, 1.807) is 25.1 Å². The second-order valence-corrected chi connectivity index (χ2v) is 2.93. The molecule has 0 heterocycles. The van der Waals surface area contributed by atoms with Crippen molar-refractivity contribution >= 4 is 5.97 Å². The van der Waals surface area contributed by atoms with Crippen molar-refractivity contribution in [1.82, 2.24) is 0 Å². The van der Waals surface area contributed by atoms with E-state index in [0.717, 1.165) is 11.1 Å². The highest BCUT2D eigenvalue weighted by atomic mass is 16.5. The largest absolute Gasteiger partial charge is 0.465 e. The van der Waals surface area contributed by atoms with Crippen LogP contribution in [-0.2, 0) is 4.74 Å². The quantitative estimate of drug-likeness (QED) is 0.551. The summed E-state index contributed by atoms with van der Waals surface area (Å²) in [6, 6.07) is 5.22. The number of aliphatic hydroxyl groups is 1. The Kier molecular flexibility index (Phi) is 3.90. The molecule has 0 radical (unpaired) electrons. The van der Waals surface area contributed by atoms with Crippen molar-refractivity contribution in [2.24, 2.45) is 0 Å². The minimum Gasteiger partial charge on any atom is -0.465 e. The maximum absolute atomic E-state index is 11.3. The van der Waals surface area contributed by atoms with Crippen molar-refractivity contribution in [2.75, 3.05) is 13.7 Å². The van der Waals surface area contributed by atoms with Crippen LogP contribution in [0.15, 0.2) is 18.2 Å². The Morgan fingerprint density at radius 2 is 2.27 bits per heavy atom. The molecule has 1 rings (SSSR count). The van der Waals surface area contributed by atoms with Gasteiger partial charge in [-0.25, -0.2) is 4.79 Å². The van der Waals surface area contributed by atoms with Gasteiger partial charge in [-0.1, -0.05) is 17.9 Å². The lowest BCUT2D eigenvalue weighted by molar-refractivity contribution is 0.0600. The van der Waals surface area contributed by atoms with E-state index in [-0.39, 0.29) is 12.6 Å². The van der Waals surface area contributed by atoms with E-state index in [9.17, 15) is 4.79 Å². The Morgan fingerprint density at radius 1 is 1.53 bits per heavy atom. The number of carbonyl (C=O) groups excluding carboxylic acids is 1. The lowest BCUT2D eigenvalue weighted by Gasteiger charge is -2.04. The number of hydrogen-bond donors (Lipinski definition) is 1. The van der Waals surface area contributed by atoms with Crippen LogP contribution in [-0.4, -0.2) is 24.8 Å². The zero-order valence-corrected chi connectivity index (χ0v) is 8.70. The van der Waals surface area contributed by atoms with Gasteiger partial charge < -0.3 is 9.84 Å². The molecule has 1 aromatic rings. The van der Waals surface area contributed by atoms with E-state index in [2.05, 4.69) is 16.6 Å². The number of rotatable bonds is 1. The van der Waals surface area contributed by atoms with Crippen molar-refractivity contribution in [3.63, 3.8) is 0 Å². The number of carbonyl (C=O) groups is 1. The number of esters is 1. The first-order valence-electron chi connectivity index (χ1n) is 4.48. The van der Waals surface area contributed by atoms with Crippen LogP contribution in [0, 0.1) is 18.8 Å². The maximum atomic E-state index is 11.3. The molecule has 0 saturated heterocycles. The van der Waals surface area contributed by atoms with E-state index in [1.165, 1.54) is 7.11 Å². The van der Waals surface area contributed by atoms with Crippen molar-refractivity contribution in [2.45, 2.75) is 6.92 Å². The number of methoxy groups -OCH3 is 1.